The smallest absolute Gasteiger partial charge is 0.340 e. The topological polar surface area (TPSA) is 93.9 Å². The van der Waals surface area contributed by atoms with Gasteiger partial charge in [-0.25, -0.2) is 9.89 Å². The molecule has 1 aliphatic heterocycles. The number of nitrogens with zero attached hydrogens (tertiary/aromatic N) is 2. The molecule has 7 nitrogen and oxygen atoms in total. The molecule has 0 saturated carbocycles. The number of hydrogen-bond donors (Lipinski definition) is 3. The van der Waals surface area contributed by atoms with E-state index in [9.17, 15) is 9.59 Å². The number of carbonyl (C=O) groups is 1. The van der Waals surface area contributed by atoms with Crippen LogP contribution in [0, 0.1) is 5.92 Å². The molecule has 1 aliphatic rings. The fourth-order valence-electron chi connectivity index (χ4n) is 2.27. The Kier molecular flexibility index (Phi) is 4.36. The van der Waals surface area contributed by atoms with Gasteiger partial charge >= 0.3 is 5.69 Å². The molecule has 1 fully saturated rings. The van der Waals surface area contributed by atoms with Crippen LogP contribution in [0.1, 0.15) is 38.6 Å². The summed E-state index contributed by atoms with van der Waals surface area (Å²) in [4.78, 5) is 27.5. The number of carbonyl (C=O) groups excluding carboxylic acids is 1. The van der Waals surface area contributed by atoms with Crippen LogP contribution in [0.2, 0.25) is 0 Å². The number of rotatable bonds is 4. The van der Waals surface area contributed by atoms with Crippen molar-refractivity contribution < 1.29 is 4.79 Å². The third-order valence-electron chi connectivity index (χ3n) is 3.55. The minimum absolute atomic E-state index is 0.0362. The summed E-state index contributed by atoms with van der Waals surface area (Å²) in [5, 5.41) is 8.93. The van der Waals surface area contributed by atoms with Crippen molar-refractivity contribution >= 4 is 5.91 Å². The van der Waals surface area contributed by atoms with Gasteiger partial charge in [0.25, 0.3) is 0 Å². The summed E-state index contributed by atoms with van der Waals surface area (Å²) in [7, 11) is 0. The van der Waals surface area contributed by atoms with E-state index in [0.29, 0.717) is 12.4 Å². The number of piperidine rings is 1. The van der Waals surface area contributed by atoms with Gasteiger partial charge < -0.3 is 5.32 Å². The van der Waals surface area contributed by atoms with E-state index in [1.165, 1.54) is 0 Å². The minimum Gasteiger partial charge on any atom is -0.345 e. The third-order valence-corrected chi connectivity index (χ3v) is 3.55. The van der Waals surface area contributed by atoms with Gasteiger partial charge in [-0.1, -0.05) is 6.92 Å². The number of likely N-dealkylation sites (tertiary alicyclic amines) is 1. The molecule has 3 N–H and O–H groups in total. The molecule has 0 bridgehead atoms. The Morgan fingerprint density at radius 2 is 2.21 bits per heavy atom. The van der Waals surface area contributed by atoms with Gasteiger partial charge in [0.2, 0.25) is 5.91 Å². The lowest BCUT2D eigenvalue weighted by molar-refractivity contribution is -0.123. The molecule has 0 aliphatic carbocycles. The van der Waals surface area contributed by atoms with Gasteiger partial charge in [0, 0.05) is 0 Å². The molecule has 2 rings (SSSR count). The Morgan fingerprint density at radius 3 is 2.79 bits per heavy atom. The van der Waals surface area contributed by atoms with Crippen molar-refractivity contribution in [1.29, 1.82) is 0 Å². The maximum atomic E-state index is 11.9. The first-order chi connectivity index (χ1) is 9.04. The van der Waals surface area contributed by atoms with E-state index in [4.69, 9.17) is 0 Å². The van der Waals surface area contributed by atoms with Gasteiger partial charge in [-0.15, -0.1) is 0 Å². The maximum absolute atomic E-state index is 11.9. The highest BCUT2D eigenvalue weighted by atomic mass is 16.2. The van der Waals surface area contributed by atoms with Crippen molar-refractivity contribution in [3.05, 3.63) is 16.3 Å². The lowest BCUT2D eigenvalue weighted by Gasteiger charge is -2.29. The summed E-state index contributed by atoms with van der Waals surface area (Å²) in [5.74, 6) is 1.17. The van der Waals surface area contributed by atoms with Crippen LogP contribution in [-0.2, 0) is 4.79 Å². The van der Waals surface area contributed by atoms with E-state index < -0.39 is 0 Å². The summed E-state index contributed by atoms with van der Waals surface area (Å²) >= 11 is 0. The molecular formula is C12H21N5O2. The van der Waals surface area contributed by atoms with Crippen molar-refractivity contribution in [3.63, 3.8) is 0 Å². The first kappa shape index (κ1) is 13.8. The van der Waals surface area contributed by atoms with Gasteiger partial charge in [-0.2, -0.15) is 5.10 Å². The molecule has 1 atom stereocenters. The molecule has 1 amide bonds. The Bertz CT molecular complexity index is 472. The number of aromatic nitrogens is 3. The average molecular weight is 267 g/mol. The van der Waals surface area contributed by atoms with Crippen LogP contribution in [0.15, 0.2) is 4.79 Å². The monoisotopic (exact) mass is 267 g/mol. The van der Waals surface area contributed by atoms with Crippen molar-refractivity contribution in [2.75, 3.05) is 19.6 Å². The molecule has 0 spiro atoms. The molecule has 7 heteroatoms. The van der Waals surface area contributed by atoms with E-state index in [2.05, 4.69) is 32.3 Å². The van der Waals surface area contributed by atoms with Crippen LogP contribution in [0.3, 0.4) is 0 Å². The van der Waals surface area contributed by atoms with Gasteiger partial charge in [0.05, 0.1) is 12.6 Å². The average Bonchev–Trinajstić information content (AvgIpc) is 2.79. The maximum Gasteiger partial charge on any atom is 0.340 e. The van der Waals surface area contributed by atoms with Crippen LogP contribution in [0.25, 0.3) is 0 Å². The Balaban J connectivity index is 1.79. The number of nitrogens with one attached hydrogen (secondary N) is 3. The van der Waals surface area contributed by atoms with Gasteiger partial charge in [-0.05, 0) is 38.8 Å². The highest BCUT2D eigenvalue weighted by Gasteiger charge is 2.19. The van der Waals surface area contributed by atoms with Crippen LogP contribution < -0.4 is 11.0 Å². The standard InChI is InChI=1S/C12H21N5O2/c1-8-3-5-17(6-4-8)7-10(18)13-9(2)11-14-12(19)16-15-11/h8-9H,3-7H2,1-2H3,(H,13,18)(H2,14,15,16,19). The Morgan fingerprint density at radius 1 is 1.53 bits per heavy atom. The Labute approximate surface area is 111 Å². The molecule has 1 aromatic heterocycles. The van der Waals surface area contributed by atoms with Gasteiger partial charge in [0.15, 0.2) is 5.82 Å². The highest BCUT2D eigenvalue weighted by molar-refractivity contribution is 5.78. The fraction of sp³-hybridized carbons (Fsp3) is 0.750. The second-order valence-electron chi connectivity index (χ2n) is 5.31. The number of aromatic amines is 2. The molecule has 1 saturated heterocycles. The van der Waals surface area contributed by atoms with Crippen LogP contribution >= 0.6 is 0 Å². The quantitative estimate of drug-likeness (QED) is 0.716. The second kappa shape index (κ2) is 6.01. The van der Waals surface area contributed by atoms with Gasteiger partial charge in [0.1, 0.15) is 0 Å². The van der Waals surface area contributed by atoms with Crippen molar-refractivity contribution in [2.45, 2.75) is 32.7 Å². The van der Waals surface area contributed by atoms with Crippen LogP contribution in [-0.4, -0.2) is 45.6 Å². The summed E-state index contributed by atoms with van der Waals surface area (Å²) in [5.41, 5.74) is -0.360. The third kappa shape index (κ3) is 3.92. The number of hydrogen-bond acceptors (Lipinski definition) is 4. The van der Waals surface area contributed by atoms with E-state index in [0.717, 1.165) is 31.8 Å². The molecule has 0 aromatic carbocycles. The Hall–Kier alpha value is -1.63. The summed E-state index contributed by atoms with van der Waals surface area (Å²) in [6, 6.07) is -0.296. The molecule has 2 heterocycles. The lowest BCUT2D eigenvalue weighted by atomic mass is 9.99. The van der Waals surface area contributed by atoms with E-state index >= 15 is 0 Å². The van der Waals surface area contributed by atoms with Gasteiger partial charge in [-0.3, -0.25) is 14.7 Å². The molecule has 19 heavy (non-hydrogen) atoms. The predicted octanol–water partition coefficient (Wildman–Crippen LogP) is 0.00710. The zero-order valence-corrected chi connectivity index (χ0v) is 11.4. The highest BCUT2D eigenvalue weighted by Crippen LogP contribution is 2.15. The molecule has 1 aromatic rings. The second-order valence-corrected chi connectivity index (χ2v) is 5.31. The first-order valence-corrected chi connectivity index (χ1v) is 6.71. The zero-order chi connectivity index (χ0) is 13.8. The SMILES string of the molecule is CC1CCN(CC(=O)NC(C)c2n[nH]c(=O)[nH]2)CC1. The van der Waals surface area contributed by atoms with Crippen molar-refractivity contribution in [3.8, 4) is 0 Å². The summed E-state index contributed by atoms with van der Waals surface area (Å²) in [6.07, 6.45) is 2.30. The van der Waals surface area contributed by atoms with Crippen molar-refractivity contribution in [2.24, 2.45) is 5.92 Å². The van der Waals surface area contributed by atoms with Crippen molar-refractivity contribution in [1.82, 2.24) is 25.4 Å². The number of H-pyrrole nitrogens is 2. The predicted molar refractivity (Wildman–Crippen MR) is 70.6 cm³/mol. The molecule has 0 radical (unpaired) electrons. The molecule has 1 unspecified atom stereocenters. The molecular weight excluding hydrogens is 246 g/mol. The van der Waals surface area contributed by atoms with Crippen LogP contribution in [0.5, 0.6) is 0 Å². The zero-order valence-electron chi connectivity index (χ0n) is 11.4. The van der Waals surface area contributed by atoms with E-state index in [1.807, 2.05) is 0 Å². The largest absolute Gasteiger partial charge is 0.345 e. The summed E-state index contributed by atoms with van der Waals surface area (Å²) < 4.78 is 0. The van der Waals surface area contributed by atoms with E-state index in [-0.39, 0.29) is 17.6 Å². The van der Waals surface area contributed by atoms with Crippen LogP contribution in [0.4, 0.5) is 0 Å². The van der Waals surface area contributed by atoms with E-state index in [1.54, 1.807) is 6.92 Å². The fourth-order valence-corrected chi connectivity index (χ4v) is 2.27. The summed E-state index contributed by atoms with van der Waals surface area (Å²) in [6.45, 7) is 6.39. The minimum atomic E-state index is -0.360. The first-order valence-electron chi connectivity index (χ1n) is 6.71. The molecule has 106 valence electrons. The lowest BCUT2D eigenvalue weighted by Crippen LogP contribution is -2.42. The number of amides is 1. The normalized spacial score (nSPS) is 19.3.